The molecule has 96 valence electrons. The van der Waals surface area contributed by atoms with Crippen molar-refractivity contribution in [3.63, 3.8) is 0 Å². The van der Waals surface area contributed by atoms with Gasteiger partial charge in [-0.1, -0.05) is 12.1 Å². The molecule has 0 atom stereocenters. The first-order chi connectivity index (χ1) is 8.88. The minimum atomic E-state index is -0.0686. The van der Waals surface area contributed by atoms with Gasteiger partial charge in [-0.25, -0.2) is 0 Å². The molecule has 0 aliphatic carbocycles. The normalized spacial score (nSPS) is 16.7. The van der Waals surface area contributed by atoms with Crippen LogP contribution in [0.5, 0.6) is 0 Å². The van der Waals surface area contributed by atoms with Crippen LogP contribution in [0.25, 0.3) is 11.1 Å². The number of para-hydroxylation sites is 2. The third-order valence-corrected chi connectivity index (χ3v) is 3.68. The fraction of sp³-hybridized carbons (Fsp3) is 0.462. The smallest absolute Gasteiger partial charge is 0.393 e. The second kappa shape index (κ2) is 5.30. The van der Waals surface area contributed by atoms with E-state index in [1.165, 1.54) is 0 Å². The zero-order valence-corrected chi connectivity index (χ0v) is 11.1. The lowest BCUT2D eigenvalue weighted by molar-refractivity contribution is -0.718. The Morgan fingerprint density at radius 3 is 2.83 bits per heavy atom. The standard InChI is InChI=1S/C13H16NO3S/c1-18-13-14(7-6-12-15-8-9-16-12)10-4-2-3-5-11(10)17-13/h2-5,12H,6-9H2,1H3/q+1. The Balaban J connectivity index is 1.84. The van der Waals surface area contributed by atoms with Gasteiger partial charge in [0.15, 0.2) is 12.8 Å². The molecule has 1 fully saturated rings. The average molecular weight is 266 g/mol. The van der Waals surface area contributed by atoms with Crippen molar-refractivity contribution in [2.45, 2.75) is 24.5 Å². The van der Waals surface area contributed by atoms with Crippen molar-refractivity contribution in [1.29, 1.82) is 0 Å². The van der Waals surface area contributed by atoms with Crippen molar-refractivity contribution >= 4 is 22.9 Å². The molecule has 0 unspecified atom stereocenters. The van der Waals surface area contributed by atoms with E-state index in [-0.39, 0.29) is 6.29 Å². The van der Waals surface area contributed by atoms with E-state index >= 15 is 0 Å². The average Bonchev–Trinajstić information content (AvgIpc) is 3.03. The summed E-state index contributed by atoms with van der Waals surface area (Å²) in [6.07, 6.45) is 2.80. The summed E-state index contributed by atoms with van der Waals surface area (Å²) >= 11 is 1.62. The molecule has 0 N–H and O–H groups in total. The van der Waals surface area contributed by atoms with E-state index in [0.717, 1.165) is 29.3 Å². The molecule has 1 aromatic carbocycles. The Bertz CT molecular complexity index is 534. The summed E-state index contributed by atoms with van der Waals surface area (Å²) in [5, 5.41) is 0.925. The first-order valence-electron chi connectivity index (χ1n) is 6.07. The summed E-state index contributed by atoms with van der Waals surface area (Å²) in [5.74, 6) is 0. The summed E-state index contributed by atoms with van der Waals surface area (Å²) in [4.78, 5) is 0. The van der Waals surface area contributed by atoms with Crippen LogP contribution in [0, 0.1) is 0 Å². The quantitative estimate of drug-likeness (QED) is 0.628. The number of ether oxygens (including phenoxy) is 2. The molecular formula is C13H16NO3S+. The van der Waals surface area contributed by atoms with Crippen LogP contribution in [0.2, 0.25) is 0 Å². The second-order valence-corrected chi connectivity index (χ2v) is 4.91. The largest absolute Gasteiger partial charge is 0.412 e. The van der Waals surface area contributed by atoms with Crippen molar-refractivity contribution in [3.05, 3.63) is 24.3 Å². The van der Waals surface area contributed by atoms with Gasteiger partial charge >= 0.3 is 5.22 Å². The van der Waals surface area contributed by atoms with E-state index in [9.17, 15) is 0 Å². The molecule has 2 aromatic rings. The van der Waals surface area contributed by atoms with Crippen LogP contribution < -0.4 is 4.57 Å². The minimum Gasteiger partial charge on any atom is -0.393 e. The molecule has 5 heteroatoms. The molecule has 0 bridgehead atoms. The summed E-state index contributed by atoms with van der Waals surface area (Å²) in [5.41, 5.74) is 2.05. The van der Waals surface area contributed by atoms with Crippen LogP contribution in [-0.4, -0.2) is 25.8 Å². The fourth-order valence-corrected chi connectivity index (χ4v) is 2.77. The maximum atomic E-state index is 5.81. The van der Waals surface area contributed by atoms with Gasteiger partial charge in [0, 0.05) is 6.07 Å². The monoisotopic (exact) mass is 266 g/mol. The summed E-state index contributed by atoms with van der Waals surface area (Å²) in [6, 6.07) is 8.09. The van der Waals surface area contributed by atoms with Gasteiger partial charge in [-0.3, -0.25) is 0 Å². The van der Waals surface area contributed by atoms with Gasteiger partial charge in [-0.15, -0.1) is 0 Å². The predicted molar refractivity (Wildman–Crippen MR) is 68.5 cm³/mol. The Morgan fingerprint density at radius 1 is 1.28 bits per heavy atom. The van der Waals surface area contributed by atoms with Gasteiger partial charge in [0.25, 0.3) is 5.52 Å². The molecule has 3 rings (SSSR count). The molecular weight excluding hydrogens is 250 g/mol. The Kier molecular flexibility index (Phi) is 3.54. The summed E-state index contributed by atoms with van der Waals surface area (Å²) < 4.78 is 18.9. The zero-order valence-electron chi connectivity index (χ0n) is 10.3. The Hall–Kier alpha value is -1.04. The van der Waals surface area contributed by atoms with E-state index in [4.69, 9.17) is 13.9 Å². The number of hydrogen-bond donors (Lipinski definition) is 0. The van der Waals surface area contributed by atoms with Gasteiger partial charge in [0.2, 0.25) is 5.58 Å². The molecule has 1 aromatic heterocycles. The third-order valence-electron chi connectivity index (χ3n) is 3.03. The Labute approximate surface area is 110 Å². The molecule has 0 spiro atoms. The van der Waals surface area contributed by atoms with Crippen LogP contribution in [0.3, 0.4) is 0 Å². The van der Waals surface area contributed by atoms with Crippen LogP contribution in [-0.2, 0) is 16.0 Å². The Morgan fingerprint density at radius 2 is 2.06 bits per heavy atom. The number of hydrogen-bond acceptors (Lipinski definition) is 4. The number of nitrogens with zero attached hydrogens (tertiary/aromatic N) is 1. The number of fused-ring (bicyclic) bond motifs is 1. The molecule has 0 amide bonds. The van der Waals surface area contributed by atoms with Crippen LogP contribution in [0.1, 0.15) is 6.42 Å². The van der Waals surface area contributed by atoms with E-state index in [2.05, 4.69) is 10.6 Å². The van der Waals surface area contributed by atoms with Gasteiger partial charge in [0.1, 0.15) is 0 Å². The van der Waals surface area contributed by atoms with E-state index in [1.807, 2.05) is 24.5 Å². The van der Waals surface area contributed by atoms with Crippen molar-refractivity contribution in [1.82, 2.24) is 0 Å². The maximum absolute atomic E-state index is 5.81. The second-order valence-electron chi connectivity index (χ2n) is 4.15. The number of oxazole rings is 1. The van der Waals surface area contributed by atoms with E-state index in [0.29, 0.717) is 13.2 Å². The first kappa shape index (κ1) is 12.0. The molecule has 0 radical (unpaired) electrons. The maximum Gasteiger partial charge on any atom is 0.412 e. The molecule has 4 nitrogen and oxygen atoms in total. The number of thioether (sulfide) groups is 1. The van der Waals surface area contributed by atoms with E-state index in [1.54, 1.807) is 11.8 Å². The summed E-state index contributed by atoms with van der Waals surface area (Å²) in [6.45, 7) is 2.26. The molecule has 1 aliphatic heterocycles. The highest BCUT2D eigenvalue weighted by molar-refractivity contribution is 7.98. The van der Waals surface area contributed by atoms with Crippen molar-refractivity contribution in [2.24, 2.45) is 0 Å². The number of aromatic nitrogens is 1. The zero-order chi connectivity index (χ0) is 12.4. The molecule has 18 heavy (non-hydrogen) atoms. The number of benzene rings is 1. The van der Waals surface area contributed by atoms with Crippen LogP contribution in [0.4, 0.5) is 0 Å². The number of rotatable bonds is 4. The fourth-order valence-electron chi connectivity index (χ4n) is 2.19. The minimum absolute atomic E-state index is 0.0686. The lowest BCUT2D eigenvalue weighted by Crippen LogP contribution is -2.36. The van der Waals surface area contributed by atoms with Gasteiger partial charge in [-0.05, 0) is 24.1 Å². The number of aryl methyl sites for hydroxylation is 1. The molecule has 1 saturated heterocycles. The lowest BCUT2D eigenvalue weighted by atomic mass is 10.3. The topological polar surface area (TPSA) is 35.5 Å². The van der Waals surface area contributed by atoms with Gasteiger partial charge in [0.05, 0.1) is 19.6 Å². The molecule has 1 aliphatic rings. The predicted octanol–water partition coefficient (Wildman–Crippen LogP) is 2.21. The van der Waals surface area contributed by atoms with Gasteiger partial charge in [-0.2, -0.15) is 4.57 Å². The van der Waals surface area contributed by atoms with Crippen LogP contribution >= 0.6 is 11.8 Å². The third kappa shape index (κ3) is 2.25. The highest BCUT2D eigenvalue weighted by Crippen LogP contribution is 2.20. The highest BCUT2D eigenvalue weighted by Gasteiger charge is 2.24. The van der Waals surface area contributed by atoms with Crippen molar-refractivity contribution in [3.8, 4) is 0 Å². The first-order valence-corrected chi connectivity index (χ1v) is 7.29. The summed E-state index contributed by atoms with van der Waals surface area (Å²) in [7, 11) is 0. The molecule has 2 heterocycles. The van der Waals surface area contributed by atoms with Crippen molar-refractivity contribution < 1.29 is 18.5 Å². The van der Waals surface area contributed by atoms with E-state index < -0.39 is 0 Å². The highest BCUT2D eigenvalue weighted by atomic mass is 32.2. The molecule has 0 saturated carbocycles. The van der Waals surface area contributed by atoms with Crippen molar-refractivity contribution in [2.75, 3.05) is 19.5 Å². The van der Waals surface area contributed by atoms with Gasteiger partial charge < -0.3 is 13.9 Å². The van der Waals surface area contributed by atoms with Crippen LogP contribution in [0.15, 0.2) is 33.9 Å². The SMILES string of the molecule is CSc1oc2ccccc2[n+]1CCC1OCCO1. The lowest BCUT2D eigenvalue weighted by Gasteiger charge is -2.05.